The lowest BCUT2D eigenvalue weighted by Crippen LogP contribution is -2.44. The van der Waals surface area contributed by atoms with Gasteiger partial charge < -0.3 is 4.90 Å². The van der Waals surface area contributed by atoms with Crippen LogP contribution in [0.2, 0.25) is 5.02 Å². The Bertz CT molecular complexity index is 1670. The Labute approximate surface area is 235 Å². The molecule has 1 saturated heterocycles. The smallest absolute Gasteiger partial charge is 0.269 e. The third kappa shape index (κ3) is 5.49. The molecule has 4 aromatic rings. The zero-order valence-corrected chi connectivity index (χ0v) is 22.1. The average Bonchev–Trinajstić information content (AvgIpc) is 3.27. The highest BCUT2D eigenvalue weighted by molar-refractivity contribution is 6.31. The van der Waals surface area contributed by atoms with Gasteiger partial charge in [-0.15, -0.1) is 0 Å². The van der Waals surface area contributed by atoms with Gasteiger partial charge in [0.1, 0.15) is 0 Å². The first-order valence-electron chi connectivity index (χ1n) is 12.7. The lowest BCUT2D eigenvalue weighted by Gasteiger charge is -2.32. The van der Waals surface area contributed by atoms with Crippen molar-refractivity contribution in [3.63, 3.8) is 0 Å². The number of carbonyl (C=O) groups excluding carboxylic acids is 2. The van der Waals surface area contributed by atoms with Crippen LogP contribution in [0.15, 0.2) is 85.2 Å². The van der Waals surface area contributed by atoms with Crippen LogP contribution in [0, 0.1) is 11.3 Å². The molecule has 0 N–H and O–H groups in total. The number of benzene rings is 3. The number of hydrogen-bond donors (Lipinski definition) is 0. The van der Waals surface area contributed by atoms with E-state index in [1.54, 1.807) is 48.7 Å². The van der Waals surface area contributed by atoms with Gasteiger partial charge in [0, 0.05) is 41.4 Å². The van der Waals surface area contributed by atoms with Gasteiger partial charge in [0.15, 0.2) is 11.3 Å². The molecule has 0 spiro atoms. The fraction of sp³-hybridized carbons (Fsp3) is 0.188. The van der Waals surface area contributed by atoms with Gasteiger partial charge in [-0.2, -0.15) is 5.26 Å². The van der Waals surface area contributed by atoms with Gasteiger partial charge in [0.2, 0.25) is 5.91 Å². The molecule has 8 heteroatoms. The maximum Gasteiger partial charge on any atom is 0.269 e. The number of alkyl halides is 2. The van der Waals surface area contributed by atoms with Crippen LogP contribution in [-0.4, -0.2) is 34.0 Å². The number of fused-ring (bicyclic) bond motifs is 1. The van der Waals surface area contributed by atoms with Crippen LogP contribution < -0.4 is 0 Å². The molecular weight excluding hydrogens is 532 g/mol. The second-order valence-corrected chi connectivity index (χ2v) is 10.3. The molecule has 5 nitrogen and oxygen atoms in total. The number of nitriles is 1. The van der Waals surface area contributed by atoms with Gasteiger partial charge in [0.05, 0.1) is 19.0 Å². The van der Waals surface area contributed by atoms with E-state index < -0.39 is 30.3 Å². The third-order valence-corrected chi connectivity index (χ3v) is 7.34. The number of nitrogens with zero attached hydrogens (tertiary/aromatic N) is 3. The summed E-state index contributed by atoms with van der Waals surface area (Å²) in [6, 6.07) is 23.2. The van der Waals surface area contributed by atoms with Crippen LogP contribution in [0.4, 0.5) is 8.78 Å². The minimum atomic E-state index is -3.22. The first-order chi connectivity index (χ1) is 19.2. The van der Waals surface area contributed by atoms with Crippen molar-refractivity contribution in [2.45, 2.75) is 30.7 Å². The van der Waals surface area contributed by atoms with E-state index in [-0.39, 0.29) is 18.6 Å². The number of hydrogen-bond acceptors (Lipinski definition) is 4. The number of ketones is 1. The summed E-state index contributed by atoms with van der Waals surface area (Å²) < 4.78 is 29.1. The van der Waals surface area contributed by atoms with E-state index in [0.717, 1.165) is 21.2 Å². The van der Waals surface area contributed by atoms with Crippen molar-refractivity contribution in [1.82, 2.24) is 9.88 Å². The van der Waals surface area contributed by atoms with Crippen molar-refractivity contribution in [3.8, 4) is 6.07 Å². The second-order valence-electron chi connectivity index (χ2n) is 9.82. The van der Waals surface area contributed by atoms with E-state index in [2.05, 4.69) is 4.98 Å². The van der Waals surface area contributed by atoms with Crippen LogP contribution in [0.3, 0.4) is 0 Å². The molecule has 2 heterocycles. The number of halogens is 3. The lowest BCUT2D eigenvalue weighted by atomic mass is 9.87. The average molecular weight is 556 g/mol. The Balaban J connectivity index is 1.32. The normalized spacial score (nSPS) is 18.2. The monoisotopic (exact) mass is 555 g/mol. The van der Waals surface area contributed by atoms with Gasteiger partial charge >= 0.3 is 0 Å². The molecule has 5 rings (SSSR count). The first kappa shape index (κ1) is 27.2. The van der Waals surface area contributed by atoms with E-state index >= 15 is 0 Å². The molecule has 3 aromatic carbocycles. The highest BCUT2D eigenvalue weighted by Crippen LogP contribution is 2.46. The molecule has 0 bridgehead atoms. The summed E-state index contributed by atoms with van der Waals surface area (Å²) >= 11 is 6.07. The van der Waals surface area contributed by atoms with E-state index in [1.807, 2.05) is 48.5 Å². The summed E-state index contributed by atoms with van der Waals surface area (Å²) in [5, 5.41) is 12.7. The van der Waals surface area contributed by atoms with Gasteiger partial charge in [-0.1, -0.05) is 72.3 Å². The van der Waals surface area contributed by atoms with Crippen LogP contribution in [0.1, 0.15) is 46.3 Å². The number of Topliss-reactive ketones (excluding diaryl/α,β-unsaturated/α-hetero) is 1. The Hall–Kier alpha value is -4.41. The fourth-order valence-electron chi connectivity index (χ4n) is 5.14. The SMILES string of the molecule is N#C[C@]1(c2ccccc2)CC(F)(F)CN1C(=O)CCC(=O)c1ccncc1/C=C/c1ccc2cc(Cl)ccc2c1. The number of pyridine rings is 1. The van der Waals surface area contributed by atoms with E-state index in [0.29, 0.717) is 21.7 Å². The zero-order valence-electron chi connectivity index (χ0n) is 21.4. The summed E-state index contributed by atoms with van der Waals surface area (Å²) in [6.07, 6.45) is 5.40. The third-order valence-electron chi connectivity index (χ3n) is 7.10. The molecule has 1 aliphatic rings. The van der Waals surface area contributed by atoms with Crippen molar-refractivity contribution in [2.75, 3.05) is 6.54 Å². The van der Waals surface area contributed by atoms with E-state index in [4.69, 9.17) is 11.6 Å². The summed E-state index contributed by atoms with van der Waals surface area (Å²) in [4.78, 5) is 31.4. The van der Waals surface area contributed by atoms with Gasteiger partial charge in [0.25, 0.3) is 5.92 Å². The van der Waals surface area contributed by atoms with Crippen molar-refractivity contribution < 1.29 is 18.4 Å². The molecular formula is C32H24ClF2N3O2. The molecule has 40 heavy (non-hydrogen) atoms. The minimum absolute atomic E-state index is 0.196. The Morgan fingerprint density at radius 2 is 1.75 bits per heavy atom. The molecule has 200 valence electrons. The number of likely N-dealkylation sites (tertiary alicyclic amines) is 1. The molecule has 1 fully saturated rings. The maximum absolute atomic E-state index is 14.5. The molecule has 1 atom stereocenters. The highest BCUT2D eigenvalue weighted by Gasteiger charge is 2.57. The van der Waals surface area contributed by atoms with Crippen molar-refractivity contribution in [3.05, 3.63) is 112 Å². The standard InChI is InChI=1S/C32H24ClF2N3O2/c33-27-11-10-23-16-22(6-8-24(23)17-27)7-9-25-18-37-15-14-28(25)29(39)12-13-30(40)38-21-32(34,35)19-31(38,20-36)26-4-2-1-3-5-26/h1-11,14-18H,12-13,19,21H2/b9-7+/t31-/m0/s1. The van der Waals surface area contributed by atoms with Crippen LogP contribution in [0.5, 0.6) is 0 Å². The van der Waals surface area contributed by atoms with Gasteiger partial charge in [-0.3, -0.25) is 14.6 Å². The molecule has 0 unspecified atom stereocenters. The van der Waals surface area contributed by atoms with Crippen molar-refractivity contribution in [1.29, 1.82) is 5.26 Å². The molecule has 0 aliphatic carbocycles. The zero-order chi connectivity index (χ0) is 28.3. The van der Waals surface area contributed by atoms with Gasteiger partial charge in [-0.25, -0.2) is 8.78 Å². The van der Waals surface area contributed by atoms with Gasteiger partial charge in [-0.05, 0) is 46.2 Å². The predicted octanol–water partition coefficient (Wildman–Crippen LogP) is 7.31. The summed E-state index contributed by atoms with van der Waals surface area (Å²) in [5.74, 6) is -4.21. The number of rotatable bonds is 7. The number of amides is 1. The van der Waals surface area contributed by atoms with Crippen LogP contribution >= 0.6 is 11.6 Å². The van der Waals surface area contributed by atoms with Crippen LogP contribution in [-0.2, 0) is 10.3 Å². The summed E-state index contributed by atoms with van der Waals surface area (Å²) in [7, 11) is 0. The molecule has 0 radical (unpaired) electrons. The van der Waals surface area contributed by atoms with Crippen LogP contribution in [0.25, 0.3) is 22.9 Å². The maximum atomic E-state index is 14.5. The molecule has 0 saturated carbocycles. The fourth-order valence-corrected chi connectivity index (χ4v) is 5.32. The second kappa shape index (κ2) is 11.0. The predicted molar refractivity (Wildman–Crippen MR) is 151 cm³/mol. The lowest BCUT2D eigenvalue weighted by molar-refractivity contribution is -0.135. The Kier molecular flexibility index (Phi) is 7.46. The topological polar surface area (TPSA) is 74.1 Å². The first-order valence-corrected chi connectivity index (χ1v) is 13.1. The van der Waals surface area contributed by atoms with E-state index in [9.17, 15) is 23.6 Å². The number of carbonyl (C=O) groups is 2. The summed E-state index contributed by atoms with van der Waals surface area (Å²) in [6.45, 7) is -0.871. The molecule has 1 amide bonds. The Morgan fingerprint density at radius 3 is 2.52 bits per heavy atom. The summed E-state index contributed by atoms with van der Waals surface area (Å²) in [5.41, 5.74) is 0.386. The van der Waals surface area contributed by atoms with Crippen molar-refractivity contribution in [2.24, 2.45) is 0 Å². The number of aromatic nitrogens is 1. The molecule has 1 aliphatic heterocycles. The molecule has 1 aromatic heterocycles. The largest absolute Gasteiger partial charge is 0.314 e. The minimum Gasteiger partial charge on any atom is -0.314 e. The highest BCUT2D eigenvalue weighted by atomic mass is 35.5. The van der Waals surface area contributed by atoms with Crippen molar-refractivity contribution >= 4 is 46.2 Å². The quantitative estimate of drug-likeness (QED) is 0.224. The van der Waals surface area contributed by atoms with E-state index in [1.165, 1.54) is 6.20 Å². The Morgan fingerprint density at radius 1 is 1.00 bits per heavy atom.